The van der Waals surface area contributed by atoms with Gasteiger partial charge in [0.2, 0.25) is 0 Å². The molecule has 1 aromatic carbocycles. The Labute approximate surface area is 132 Å². The maximum absolute atomic E-state index is 5.85. The number of ether oxygens (including phenoxy) is 2. The third-order valence-electron chi connectivity index (χ3n) is 3.00. The Morgan fingerprint density at radius 2 is 2.19 bits per heavy atom. The quantitative estimate of drug-likeness (QED) is 0.826. The number of rotatable bonds is 7. The van der Waals surface area contributed by atoms with Crippen LogP contribution in [-0.4, -0.2) is 21.9 Å². The Bertz CT molecular complexity index is 601. The first-order valence-corrected chi connectivity index (χ1v) is 7.54. The van der Waals surface area contributed by atoms with Gasteiger partial charge >= 0.3 is 0 Å². The van der Waals surface area contributed by atoms with Gasteiger partial charge in [-0.05, 0) is 40.0 Å². The zero-order chi connectivity index (χ0) is 15.2. The van der Waals surface area contributed by atoms with E-state index in [1.54, 1.807) is 7.11 Å². The van der Waals surface area contributed by atoms with Gasteiger partial charge in [-0.2, -0.15) is 5.10 Å². The summed E-state index contributed by atoms with van der Waals surface area (Å²) in [5, 5.41) is 4.18. The van der Waals surface area contributed by atoms with Crippen LogP contribution in [0.15, 0.2) is 22.9 Å². The predicted octanol–water partition coefficient (Wildman–Crippen LogP) is 2.50. The van der Waals surface area contributed by atoms with E-state index in [0.717, 1.165) is 28.8 Å². The summed E-state index contributed by atoms with van der Waals surface area (Å²) in [4.78, 5) is 4.22. The lowest BCUT2D eigenvalue weighted by molar-refractivity contribution is 0.267. The molecule has 0 fully saturated rings. The van der Waals surface area contributed by atoms with E-state index in [0.29, 0.717) is 24.7 Å². The van der Waals surface area contributed by atoms with E-state index in [4.69, 9.17) is 15.2 Å². The Morgan fingerprint density at radius 3 is 2.86 bits per heavy atom. The number of nitrogens with zero attached hydrogens (tertiary/aromatic N) is 3. The van der Waals surface area contributed by atoms with Crippen LogP contribution in [0.2, 0.25) is 0 Å². The molecule has 21 heavy (non-hydrogen) atoms. The Kier molecular flexibility index (Phi) is 5.58. The second kappa shape index (κ2) is 7.42. The average molecular weight is 355 g/mol. The zero-order valence-corrected chi connectivity index (χ0v) is 13.8. The van der Waals surface area contributed by atoms with Crippen LogP contribution in [0.5, 0.6) is 11.5 Å². The van der Waals surface area contributed by atoms with Crippen LogP contribution in [-0.2, 0) is 19.7 Å². The zero-order valence-electron chi connectivity index (χ0n) is 12.2. The van der Waals surface area contributed by atoms with Gasteiger partial charge in [-0.1, -0.05) is 6.92 Å². The van der Waals surface area contributed by atoms with Crippen molar-refractivity contribution in [3.8, 4) is 11.5 Å². The molecule has 2 aromatic rings. The van der Waals surface area contributed by atoms with Gasteiger partial charge in [0.1, 0.15) is 12.9 Å². The van der Waals surface area contributed by atoms with Gasteiger partial charge in [0, 0.05) is 13.1 Å². The van der Waals surface area contributed by atoms with Gasteiger partial charge < -0.3 is 15.2 Å². The summed E-state index contributed by atoms with van der Waals surface area (Å²) in [6.45, 7) is 3.69. The van der Waals surface area contributed by atoms with E-state index in [1.807, 2.05) is 16.8 Å². The number of benzene rings is 1. The van der Waals surface area contributed by atoms with Crippen molar-refractivity contribution in [1.29, 1.82) is 0 Å². The van der Waals surface area contributed by atoms with E-state index in [9.17, 15) is 0 Å². The number of hydrogen-bond acceptors (Lipinski definition) is 5. The minimum absolute atomic E-state index is 0.330. The van der Waals surface area contributed by atoms with E-state index in [2.05, 4.69) is 32.9 Å². The third kappa shape index (κ3) is 3.74. The van der Waals surface area contributed by atoms with Crippen molar-refractivity contribution in [3.63, 3.8) is 0 Å². The molecule has 114 valence electrons. The van der Waals surface area contributed by atoms with Crippen LogP contribution in [0.25, 0.3) is 0 Å². The molecule has 0 atom stereocenters. The molecule has 2 N–H and O–H groups in total. The van der Waals surface area contributed by atoms with Crippen LogP contribution in [0.1, 0.15) is 24.7 Å². The van der Waals surface area contributed by atoms with Crippen LogP contribution >= 0.6 is 15.9 Å². The summed E-state index contributed by atoms with van der Waals surface area (Å²) in [5.41, 5.74) is 6.63. The number of aromatic nitrogens is 3. The minimum atomic E-state index is 0.330. The molecule has 2 rings (SSSR count). The first-order chi connectivity index (χ1) is 10.2. The second-order valence-electron chi connectivity index (χ2n) is 4.50. The van der Waals surface area contributed by atoms with E-state index >= 15 is 0 Å². The van der Waals surface area contributed by atoms with Crippen LogP contribution in [0.3, 0.4) is 0 Å². The third-order valence-corrected chi connectivity index (χ3v) is 3.59. The number of hydrogen-bond donors (Lipinski definition) is 1. The smallest absolute Gasteiger partial charge is 0.176 e. The Hall–Kier alpha value is -1.60. The van der Waals surface area contributed by atoms with Crippen molar-refractivity contribution >= 4 is 15.9 Å². The molecule has 0 saturated heterocycles. The Morgan fingerprint density at radius 1 is 1.38 bits per heavy atom. The van der Waals surface area contributed by atoms with Crippen LogP contribution in [0, 0.1) is 0 Å². The van der Waals surface area contributed by atoms with Gasteiger partial charge in [0.25, 0.3) is 0 Å². The summed E-state index contributed by atoms with van der Waals surface area (Å²) >= 11 is 3.49. The van der Waals surface area contributed by atoms with E-state index < -0.39 is 0 Å². The van der Waals surface area contributed by atoms with Crippen LogP contribution in [0.4, 0.5) is 0 Å². The largest absolute Gasteiger partial charge is 0.493 e. The molecule has 1 heterocycles. The molecule has 0 aliphatic carbocycles. The molecule has 7 heteroatoms. The van der Waals surface area contributed by atoms with Crippen molar-refractivity contribution in [2.24, 2.45) is 5.73 Å². The highest BCUT2D eigenvalue weighted by Crippen LogP contribution is 2.37. The monoisotopic (exact) mass is 354 g/mol. The number of methoxy groups -OCH3 is 1. The fourth-order valence-corrected chi connectivity index (χ4v) is 2.57. The van der Waals surface area contributed by atoms with Crippen molar-refractivity contribution in [2.45, 2.75) is 33.0 Å². The highest BCUT2D eigenvalue weighted by molar-refractivity contribution is 9.10. The van der Waals surface area contributed by atoms with Gasteiger partial charge in [0.15, 0.2) is 17.3 Å². The fraction of sp³-hybridized carbons (Fsp3) is 0.429. The van der Waals surface area contributed by atoms with Gasteiger partial charge in [-0.15, -0.1) is 0 Å². The summed E-state index contributed by atoms with van der Waals surface area (Å²) in [5.74, 6) is 2.07. The summed E-state index contributed by atoms with van der Waals surface area (Å²) in [7, 11) is 1.61. The lowest BCUT2D eigenvalue weighted by atomic mass is 10.2. The Balaban J connectivity index is 2.17. The lowest BCUT2D eigenvalue weighted by Crippen LogP contribution is -2.09. The molecule has 0 bridgehead atoms. The van der Waals surface area contributed by atoms with Crippen molar-refractivity contribution in [2.75, 3.05) is 7.11 Å². The van der Waals surface area contributed by atoms with E-state index in [1.165, 1.54) is 6.33 Å². The molecule has 0 spiro atoms. The van der Waals surface area contributed by atoms with Gasteiger partial charge in [-0.25, -0.2) is 9.67 Å². The molecule has 1 aromatic heterocycles. The maximum atomic E-state index is 5.85. The highest BCUT2D eigenvalue weighted by Gasteiger charge is 2.13. The minimum Gasteiger partial charge on any atom is -0.493 e. The average Bonchev–Trinajstić information content (AvgIpc) is 2.93. The molecule has 0 aliphatic heterocycles. The first kappa shape index (κ1) is 15.8. The highest BCUT2D eigenvalue weighted by atomic mass is 79.9. The van der Waals surface area contributed by atoms with Crippen molar-refractivity contribution in [3.05, 3.63) is 34.3 Å². The molecular weight excluding hydrogens is 336 g/mol. The molecule has 6 nitrogen and oxygen atoms in total. The molecule has 0 amide bonds. The normalized spacial score (nSPS) is 10.7. The van der Waals surface area contributed by atoms with E-state index in [-0.39, 0.29) is 0 Å². The standard InChI is InChI=1S/C14H19BrN4O2/c1-3-4-19-13(17-9-18-19)8-21-14-11(15)5-10(7-16)6-12(14)20-2/h5-6,9H,3-4,7-8,16H2,1-2H3. The summed E-state index contributed by atoms with van der Waals surface area (Å²) in [6, 6.07) is 3.80. The molecular formula is C14H19BrN4O2. The fourth-order valence-electron chi connectivity index (χ4n) is 1.97. The van der Waals surface area contributed by atoms with Crippen molar-refractivity contribution in [1.82, 2.24) is 14.8 Å². The van der Waals surface area contributed by atoms with Gasteiger partial charge in [-0.3, -0.25) is 0 Å². The summed E-state index contributed by atoms with van der Waals surface area (Å²) < 4.78 is 13.9. The molecule has 0 unspecified atom stereocenters. The SMILES string of the molecule is CCCn1ncnc1COc1c(Br)cc(CN)cc1OC. The predicted molar refractivity (Wildman–Crippen MR) is 83.2 cm³/mol. The lowest BCUT2D eigenvalue weighted by Gasteiger charge is -2.14. The second-order valence-corrected chi connectivity index (χ2v) is 5.36. The molecule has 0 radical (unpaired) electrons. The summed E-state index contributed by atoms with van der Waals surface area (Å²) in [6.07, 6.45) is 2.53. The van der Waals surface area contributed by atoms with Crippen LogP contribution < -0.4 is 15.2 Å². The number of halogens is 1. The number of nitrogens with two attached hydrogens (primary N) is 1. The maximum Gasteiger partial charge on any atom is 0.176 e. The topological polar surface area (TPSA) is 75.2 Å². The molecule has 0 saturated carbocycles. The molecule has 0 aliphatic rings. The van der Waals surface area contributed by atoms with Crippen molar-refractivity contribution < 1.29 is 9.47 Å². The van der Waals surface area contributed by atoms with Gasteiger partial charge in [0.05, 0.1) is 11.6 Å². The number of aryl methyl sites for hydroxylation is 1. The first-order valence-electron chi connectivity index (χ1n) is 6.75.